The first-order chi connectivity index (χ1) is 19.2. The van der Waals surface area contributed by atoms with Gasteiger partial charge in [-0.25, -0.2) is 0 Å². The fourth-order valence-electron chi connectivity index (χ4n) is 9.27. The van der Waals surface area contributed by atoms with Gasteiger partial charge in [0.25, 0.3) is 0 Å². The van der Waals surface area contributed by atoms with E-state index in [0.29, 0.717) is 23.5 Å². The molecule has 0 radical (unpaired) electrons. The van der Waals surface area contributed by atoms with Crippen molar-refractivity contribution in [3.05, 3.63) is 47.7 Å². The first-order valence-electron chi connectivity index (χ1n) is 16.0. The largest absolute Gasteiger partial charge is 0.361 e. The van der Waals surface area contributed by atoms with Gasteiger partial charge in [-0.05, 0) is 124 Å². The number of aryl methyl sites for hydroxylation is 1. The molecule has 4 nitrogen and oxygen atoms in total. The van der Waals surface area contributed by atoms with Crippen LogP contribution in [0.3, 0.4) is 0 Å². The molecule has 1 aromatic heterocycles. The lowest BCUT2D eigenvalue weighted by atomic mass is 9.46. The molecule has 1 heterocycles. The second-order valence-electron chi connectivity index (χ2n) is 13.7. The Hall–Kier alpha value is -2.49. The van der Waals surface area contributed by atoms with E-state index in [0.717, 1.165) is 49.1 Å². The first-order valence-corrected chi connectivity index (χ1v) is 16.0. The molecule has 1 N–H and O–H groups in total. The van der Waals surface area contributed by atoms with Gasteiger partial charge in [0.1, 0.15) is 11.6 Å². The Bertz CT molecular complexity index is 1300. The second kappa shape index (κ2) is 11.8. The molecule has 4 aliphatic rings. The third-order valence-corrected chi connectivity index (χ3v) is 11.4. The smallest absolute Gasteiger partial charge is 0.133 e. The number of ketones is 2. The Labute approximate surface area is 241 Å². The molecule has 4 aliphatic carbocycles. The Morgan fingerprint density at radius 1 is 1.00 bits per heavy atom. The lowest BCUT2D eigenvalue weighted by Crippen LogP contribution is -2.51. The summed E-state index contributed by atoms with van der Waals surface area (Å²) in [6, 6.07) is 8.16. The number of aromatic amines is 1. The van der Waals surface area contributed by atoms with E-state index in [-0.39, 0.29) is 11.2 Å². The quantitative estimate of drug-likeness (QED) is 0.397. The topological polar surface area (TPSA) is 62.3 Å². The van der Waals surface area contributed by atoms with Crippen molar-refractivity contribution >= 4 is 28.2 Å². The number of para-hydroxylation sites is 1. The van der Waals surface area contributed by atoms with Crippen molar-refractivity contribution < 1.29 is 9.59 Å². The SMILES string of the molecule is CC(=O)CCc1c[nH]c2ccccc12.CCCN=C1C=C2CCC3C(CCC4(C)C(C(C)=O)CCC34)C2(C)CC1. The fourth-order valence-corrected chi connectivity index (χ4v) is 9.27. The first kappa shape index (κ1) is 29.0. The van der Waals surface area contributed by atoms with E-state index in [1.165, 1.54) is 61.6 Å². The number of Topliss-reactive ketones (excluding diaryl/α,β-unsaturated/α-hetero) is 2. The molecule has 6 atom stereocenters. The molecule has 0 saturated heterocycles. The zero-order valence-corrected chi connectivity index (χ0v) is 25.5. The highest BCUT2D eigenvalue weighted by molar-refractivity contribution is 5.96. The number of H-pyrrole nitrogens is 1. The highest BCUT2D eigenvalue weighted by atomic mass is 16.1. The molecule has 0 spiro atoms. The van der Waals surface area contributed by atoms with Crippen molar-refractivity contribution in [2.45, 2.75) is 105 Å². The maximum Gasteiger partial charge on any atom is 0.133 e. The number of aromatic nitrogens is 1. The van der Waals surface area contributed by atoms with E-state index in [4.69, 9.17) is 4.99 Å². The maximum absolute atomic E-state index is 12.3. The molecule has 2 aromatic rings. The molecular formula is C36H50N2O2. The minimum absolute atomic E-state index is 0.246. The molecule has 3 fully saturated rings. The number of carbonyl (C=O) groups excluding carboxylic acids is 2. The van der Waals surface area contributed by atoms with Gasteiger partial charge < -0.3 is 9.78 Å². The molecule has 6 rings (SSSR count). The van der Waals surface area contributed by atoms with Crippen LogP contribution in [-0.2, 0) is 16.0 Å². The fraction of sp³-hybridized carbons (Fsp3) is 0.639. The summed E-state index contributed by atoms with van der Waals surface area (Å²) in [5, 5.41) is 1.23. The standard InChI is InChI=1S/C24H37NO.C12H13NO/c1-5-14-25-18-10-12-23(3)17(15-18)6-7-19-21-9-8-20(16(2)26)24(21,4)13-11-22(19)23;1-9(14)6-7-10-8-13-12-5-3-2-4-11(10)12/h15,19-22H,5-14H2,1-4H3;2-5,8,13H,6-7H2,1H3. The van der Waals surface area contributed by atoms with Crippen molar-refractivity contribution in [2.75, 3.05) is 6.54 Å². The van der Waals surface area contributed by atoms with Crippen molar-refractivity contribution in [3.63, 3.8) is 0 Å². The van der Waals surface area contributed by atoms with Gasteiger partial charge in [-0.3, -0.25) is 9.79 Å². The normalized spacial score (nSPS) is 33.8. The zero-order valence-electron chi connectivity index (χ0n) is 25.5. The molecular weight excluding hydrogens is 492 g/mol. The lowest BCUT2D eigenvalue weighted by Gasteiger charge is -2.58. The number of benzene rings is 1. The summed E-state index contributed by atoms with van der Waals surface area (Å²) >= 11 is 0. The second-order valence-corrected chi connectivity index (χ2v) is 13.7. The third-order valence-electron chi connectivity index (χ3n) is 11.4. The van der Waals surface area contributed by atoms with Gasteiger partial charge in [0, 0.05) is 41.7 Å². The molecule has 0 bridgehead atoms. The van der Waals surface area contributed by atoms with Gasteiger partial charge in [0.05, 0.1) is 0 Å². The number of carbonyl (C=O) groups is 2. The highest BCUT2D eigenvalue weighted by Crippen LogP contribution is 2.66. The third kappa shape index (κ3) is 5.40. The van der Waals surface area contributed by atoms with Gasteiger partial charge in [0.15, 0.2) is 0 Å². The van der Waals surface area contributed by atoms with Crippen LogP contribution in [0.5, 0.6) is 0 Å². The average Bonchev–Trinajstić information content (AvgIpc) is 3.51. The zero-order chi connectivity index (χ0) is 28.5. The number of nitrogens with zero attached hydrogens (tertiary/aromatic N) is 1. The number of allylic oxidation sites excluding steroid dienone is 2. The predicted octanol–water partition coefficient (Wildman–Crippen LogP) is 8.69. The molecule has 40 heavy (non-hydrogen) atoms. The maximum atomic E-state index is 12.3. The Balaban J connectivity index is 0.000000194. The molecule has 0 amide bonds. The van der Waals surface area contributed by atoms with Crippen LogP contribution >= 0.6 is 0 Å². The van der Waals surface area contributed by atoms with Crippen LogP contribution in [0.2, 0.25) is 0 Å². The number of hydrogen-bond acceptors (Lipinski definition) is 3. The summed E-state index contributed by atoms with van der Waals surface area (Å²) in [6.07, 6.45) is 17.2. The van der Waals surface area contributed by atoms with Crippen LogP contribution in [0.15, 0.2) is 47.1 Å². The van der Waals surface area contributed by atoms with Gasteiger partial charge in [-0.15, -0.1) is 0 Å². The van der Waals surface area contributed by atoms with Gasteiger partial charge in [-0.1, -0.05) is 44.5 Å². The average molecular weight is 543 g/mol. The van der Waals surface area contributed by atoms with E-state index in [2.05, 4.69) is 37.9 Å². The van der Waals surface area contributed by atoms with E-state index in [1.807, 2.05) is 31.3 Å². The summed E-state index contributed by atoms with van der Waals surface area (Å²) in [6.45, 7) is 11.7. The van der Waals surface area contributed by atoms with Gasteiger partial charge >= 0.3 is 0 Å². The highest BCUT2D eigenvalue weighted by Gasteiger charge is 2.59. The minimum atomic E-state index is 0.246. The van der Waals surface area contributed by atoms with Crippen LogP contribution in [0.1, 0.15) is 104 Å². The summed E-state index contributed by atoms with van der Waals surface area (Å²) in [5.41, 5.74) is 6.11. The Morgan fingerprint density at radius 3 is 2.55 bits per heavy atom. The Morgan fingerprint density at radius 2 is 1.80 bits per heavy atom. The van der Waals surface area contributed by atoms with Gasteiger partial charge in [0.2, 0.25) is 0 Å². The van der Waals surface area contributed by atoms with Crippen molar-refractivity contribution in [1.29, 1.82) is 0 Å². The summed E-state index contributed by atoms with van der Waals surface area (Å²) < 4.78 is 0. The monoisotopic (exact) mass is 542 g/mol. The van der Waals surface area contributed by atoms with E-state index in [1.54, 1.807) is 12.5 Å². The summed E-state index contributed by atoms with van der Waals surface area (Å²) in [7, 11) is 0. The molecule has 216 valence electrons. The summed E-state index contributed by atoms with van der Waals surface area (Å²) in [5.74, 6) is 3.48. The van der Waals surface area contributed by atoms with E-state index in [9.17, 15) is 9.59 Å². The molecule has 3 saturated carbocycles. The molecule has 0 aliphatic heterocycles. The van der Waals surface area contributed by atoms with Crippen molar-refractivity contribution in [2.24, 2.45) is 39.5 Å². The predicted molar refractivity (Wildman–Crippen MR) is 166 cm³/mol. The number of fused-ring (bicyclic) bond motifs is 6. The lowest BCUT2D eigenvalue weighted by molar-refractivity contribution is -0.127. The van der Waals surface area contributed by atoms with Crippen LogP contribution < -0.4 is 0 Å². The number of aliphatic imine (C=N–C) groups is 1. The van der Waals surface area contributed by atoms with Crippen molar-refractivity contribution in [3.8, 4) is 0 Å². The molecule has 4 heteroatoms. The Kier molecular flexibility index (Phi) is 8.55. The minimum Gasteiger partial charge on any atom is -0.361 e. The number of hydrogen-bond donors (Lipinski definition) is 1. The van der Waals surface area contributed by atoms with Crippen LogP contribution in [0, 0.1) is 34.5 Å². The van der Waals surface area contributed by atoms with Crippen molar-refractivity contribution in [1.82, 2.24) is 4.98 Å². The number of nitrogens with one attached hydrogen (secondary N) is 1. The molecule has 1 aromatic carbocycles. The van der Waals surface area contributed by atoms with Crippen LogP contribution in [-0.4, -0.2) is 28.8 Å². The van der Waals surface area contributed by atoms with E-state index >= 15 is 0 Å². The van der Waals surface area contributed by atoms with Crippen LogP contribution in [0.4, 0.5) is 0 Å². The van der Waals surface area contributed by atoms with Gasteiger partial charge in [-0.2, -0.15) is 0 Å². The molecule has 6 unspecified atom stereocenters. The summed E-state index contributed by atoms with van der Waals surface area (Å²) in [4.78, 5) is 31.1. The van der Waals surface area contributed by atoms with Crippen LogP contribution in [0.25, 0.3) is 10.9 Å². The number of rotatable bonds is 6. The van der Waals surface area contributed by atoms with E-state index < -0.39 is 0 Å².